The summed E-state index contributed by atoms with van der Waals surface area (Å²) in [6, 6.07) is 50.9. The maximum Gasteiger partial charge on any atom is 0.139 e. The van der Waals surface area contributed by atoms with Crippen LogP contribution in [0.2, 0.25) is 157 Å². The predicted octanol–water partition coefficient (Wildman–Crippen LogP) is 20.0. The largest absolute Gasteiger partial charge is 0.456 e. The molecule has 0 aliphatic rings. The molecule has 0 fully saturated rings. The third-order valence-corrected chi connectivity index (χ3v) is 35.8. The molecule has 8 aromatic carbocycles. The van der Waals surface area contributed by atoms with Crippen LogP contribution in [0.4, 0.5) is 0 Å². The summed E-state index contributed by atoms with van der Waals surface area (Å²) in [5, 5.41) is 19.6. The van der Waals surface area contributed by atoms with Crippen molar-refractivity contribution in [2.24, 2.45) is 0 Å². The van der Waals surface area contributed by atoms with E-state index in [0.29, 0.717) is 0 Å². The maximum atomic E-state index is 7.56. The number of hydrogen-bond acceptors (Lipinski definition) is 2. The summed E-state index contributed by atoms with van der Waals surface area (Å²) in [5.41, 5.74) is 14.2. The molecule has 0 spiro atoms. The lowest BCUT2D eigenvalue weighted by molar-refractivity contribution is 0.572. The molecule has 10 rings (SSSR count). The van der Waals surface area contributed by atoms with Crippen LogP contribution in [0.25, 0.3) is 54.6 Å². The summed E-state index contributed by atoms with van der Waals surface area (Å²) < 4.78 is 15.1. The Kier molecular flexibility index (Phi) is 17.1. The number of hydrogen-bond donors (Lipinski definition) is 0. The summed E-state index contributed by atoms with van der Waals surface area (Å²) in [7, 11) is -13.7. The van der Waals surface area contributed by atoms with Crippen LogP contribution in [0.3, 0.4) is 0 Å². The van der Waals surface area contributed by atoms with Gasteiger partial charge in [0, 0.05) is 44.5 Å². The van der Waals surface area contributed by atoms with Crippen molar-refractivity contribution in [1.29, 1.82) is 0 Å². The summed E-state index contributed by atoms with van der Waals surface area (Å²) in [6.07, 6.45) is 0. The van der Waals surface area contributed by atoms with Gasteiger partial charge in [0.25, 0.3) is 0 Å². The van der Waals surface area contributed by atoms with E-state index in [0.717, 1.165) is 22.3 Å². The van der Waals surface area contributed by atoms with Gasteiger partial charge in [-0.25, -0.2) is 0 Å². The van der Waals surface area contributed by atoms with Crippen molar-refractivity contribution in [3.63, 3.8) is 0 Å². The van der Waals surface area contributed by atoms with Gasteiger partial charge in [-0.1, -0.05) is 337 Å². The smallest absolute Gasteiger partial charge is 0.139 e. The van der Waals surface area contributed by atoms with Gasteiger partial charge in [-0.3, -0.25) is 0 Å². The predicted molar refractivity (Wildman–Crippen MR) is 427 cm³/mol. The van der Waals surface area contributed by atoms with Crippen LogP contribution in [0.15, 0.2) is 130 Å². The van der Waals surface area contributed by atoms with E-state index < -0.39 is 64.6 Å². The first-order chi connectivity index (χ1) is 40.9. The molecule has 2 nitrogen and oxygen atoms in total. The lowest BCUT2D eigenvalue weighted by atomic mass is 9.77. The minimum atomic E-state index is -1.71. The van der Waals surface area contributed by atoms with Crippen molar-refractivity contribution >= 4 is 161 Å². The van der Waals surface area contributed by atoms with Crippen LogP contribution in [0.1, 0.15) is 97.9 Å². The third kappa shape index (κ3) is 13.4. The van der Waals surface area contributed by atoms with Crippen molar-refractivity contribution in [2.75, 3.05) is 0 Å². The fourth-order valence-electron chi connectivity index (χ4n) is 13.8. The van der Waals surface area contributed by atoms with Crippen LogP contribution in [-0.4, -0.2) is 64.6 Å². The SMILES string of the molecule is CC(C)(C)c1c2cc3c(oc4cc(C(c5cc([Si](C)(C)C)cc([Si](C)(C)C)c5)c5cc([Si](C)(C)C)cc([Si](C)(C)C)c5)ccc43)c(C(C)(C)C)c2cc2c1oc1cc(C(c3cc([Si](C)(C)C)cc([Si](C)(C)C)c3)c3cc([Si](C)(C)C)cc([Si](C)(C)C)c3)ccc12. The molecule has 0 unspecified atom stereocenters. The summed E-state index contributed by atoms with van der Waals surface area (Å²) in [4.78, 5) is 0. The zero-order valence-electron chi connectivity index (χ0n) is 61.5. The van der Waals surface area contributed by atoms with Crippen LogP contribution in [0.5, 0.6) is 0 Å². The fourth-order valence-corrected chi connectivity index (χ4v) is 23.9. The molecule has 0 saturated heterocycles. The first-order valence-corrected chi connectivity index (χ1v) is 61.9. The van der Waals surface area contributed by atoms with Gasteiger partial charge in [-0.05, 0) is 79.2 Å². The van der Waals surface area contributed by atoms with Gasteiger partial charge in [0.2, 0.25) is 0 Å². The zero-order chi connectivity index (χ0) is 66.7. The van der Waals surface area contributed by atoms with E-state index in [1.165, 1.54) is 76.8 Å². The fraction of sp³-hybridized carbons (Fsp3) is 0.425. The number of furan rings is 2. The highest BCUT2D eigenvalue weighted by Gasteiger charge is 2.36. The summed E-state index contributed by atoms with van der Waals surface area (Å²) in [6.45, 7) is 74.8. The van der Waals surface area contributed by atoms with E-state index in [1.54, 1.807) is 41.5 Å². The second-order valence-electron chi connectivity index (χ2n) is 37.8. The Morgan fingerprint density at radius 1 is 0.233 bits per heavy atom. The third-order valence-electron chi connectivity index (χ3n) is 19.6. The zero-order valence-corrected chi connectivity index (χ0v) is 69.5. The normalized spacial score (nSPS) is 14.1. The van der Waals surface area contributed by atoms with Gasteiger partial charge in [-0.2, -0.15) is 0 Å². The summed E-state index contributed by atoms with van der Waals surface area (Å²) in [5.74, 6) is 0.0850. The Hall–Kier alpha value is -4.64. The molecule has 0 aliphatic carbocycles. The van der Waals surface area contributed by atoms with Crippen molar-refractivity contribution in [2.45, 2.75) is 221 Å². The van der Waals surface area contributed by atoms with E-state index in [-0.39, 0.29) is 22.7 Å². The molecular weight excluding hydrogens is 1220 g/mol. The Bertz CT molecular complexity index is 3900. The Labute approximate surface area is 552 Å². The standard InChI is InChI=1S/C80H112O2Si8/c1-79(2,3)75-67-49-70-66-34-32-52(74(55-39-61(87(19,20)21)47-62(40-55)88(22,23)24)56-41-63(89(25,26)27)48-64(42-56)90(28,29)30)44-72(66)82-78(70)76(80(4,5)6)68(67)50-69-65-33-31-51(43-71(65)81-77(69)75)73(53-35-57(83(7,8)9)45-58(36-53)84(10,11)12)54-37-59(85(13,14)15)46-60(38-54)86(16,17)18/h31-50,73-74H,1-30H3. The molecule has 0 amide bonds. The topological polar surface area (TPSA) is 26.3 Å². The minimum Gasteiger partial charge on any atom is -0.456 e. The van der Waals surface area contributed by atoms with Crippen molar-refractivity contribution in [1.82, 2.24) is 0 Å². The van der Waals surface area contributed by atoms with Gasteiger partial charge in [0.1, 0.15) is 22.3 Å². The first-order valence-electron chi connectivity index (χ1n) is 33.9. The highest BCUT2D eigenvalue weighted by Crippen LogP contribution is 2.49. The Balaban J connectivity index is 1.25. The lowest BCUT2D eigenvalue weighted by Crippen LogP contribution is -2.46. The molecule has 0 radical (unpaired) electrons. The van der Waals surface area contributed by atoms with Crippen LogP contribution in [0, 0.1) is 0 Å². The van der Waals surface area contributed by atoms with Crippen molar-refractivity contribution in [3.8, 4) is 0 Å². The van der Waals surface area contributed by atoms with Gasteiger partial charge in [0.05, 0.1) is 64.6 Å². The molecule has 10 heteroatoms. The van der Waals surface area contributed by atoms with E-state index >= 15 is 0 Å². The molecule has 476 valence electrons. The molecule has 0 aliphatic heterocycles. The number of benzene rings is 8. The first kappa shape index (κ1) is 68.2. The quantitative estimate of drug-likeness (QED) is 0.0801. The molecule has 2 heterocycles. The monoisotopic (exact) mass is 1330 g/mol. The Morgan fingerprint density at radius 3 is 0.633 bits per heavy atom. The Morgan fingerprint density at radius 2 is 0.444 bits per heavy atom. The van der Waals surface area contributed by atoms with Gasteiger partial charge >= 0.3 is 0 Å². The molecule has 0 atom stereocenters. The van der Waals surface area contributed by atoms with E-state index in [4.69, 9.17) is 8.83 Å². The molecule has 0 bridgehead atoms. The van der Waals surface area contributed by atoms with Crippen LogP contribution < -0.4 is 41.5 Å². The molecular formula is C80H112O2Si8. The van der Waals surface area contributed by atoms with Crippen molar-refractivity contribution < 1.29 is 8.83 Å². The second kappa shape index (κ2) is 22.5. The maximum absolute atomic E-state index is 7.56. The molecule has 0 N–H and O–H groups in total. The number of fused-ring (bicyclic) bond motifs is 7. The van der Waals surface area contributed by atoms with Gasteiger partial charge in [-0.15, -0.1) is 0 Å². The molecule has 2 aromatic heterocycles. The highest BCUT2D eigenvalue weighted by molar-refractivity contribution is 6.94. The van der Waals surface area contributed by atoms with Crippen LogP contribution in [-0.2, 0) is 10.8 Å². The van der Waals surface area contributed by atoms with Crippen LogP contribution >= 0.6 is 0 Å². The molecule has 90 heavy (non-hydrogen) atoms. The van der Waals surface area contributed by atoms with Gasteiger partial charge in [0.15, 0.2) is 0 Å². The number of rotatable bonds is 14. The van der Waals surface area contributed by atoms with E-state index in [9.17, 15) is 0 Å². The van der Waals surface area contributed by atoms with Gasteiger partial charge < -0.3 is 8.83 Å². The average molecular weight is 1330 g/mol. The summed E-state index contributed by atoms with van der Waals surface area (Å²) >= 11 is 0. The van der Waals surface area contributed by atoms with E-state index in [2.05, 4.69) is 320 Å². The van der Waals surface area contributed by atoms with E-state index in [1.807, 2.05) is 0 Å². The lowest BCUT2D eigenvalue weighted by Gasteiger charge is -2.30. The molecule has 0 saturated carbocycles. The minimum absolute atomic E-state index is 0.0425. The molecule has 10 aromatic rings. The average Bonchev–Trinajstić information content (AvgIpc) is 1.48. The second-order valence-corrected chi connectivity index (χ2v) is 78.4. The highest BCUT2D eigenvalue weighted by atomic mass is 28.3. The van der Waals surface area contributed by atoms with Crippen molar-refractivity contribution in [3.05, 3.63) is 166 Å².